The van der Waals surface area contributed by atoms with E-state index in [1.165, 1.54) is 38.5 Å². The molecule has 1 heterocycles. The van der Waals surface area contributed by atoms with Gasteiger partial charge in [-0.25, -0.2) is 4.98 Å². The molecule has 0 aliphatic heterocycles. The first-order chi connectivity index (χ1) is 8.73. The Hall–Kier alpha value is -0.540. The van der Waals surface area contributed by atoms with Crippen LogP contribution < -0.4 is 0 Å². The van der Waals surface area contributed by atoms with E-state index in [0.29, 0.717) is 0 Å². The van der Waals surface area contributed by atoms with Gasteiger partial charge in [-0.1, -0.05) is 0 Å². The van der Waals surface area contributed by atoms with Crippen molar-refractivity contribution in [1.29, 1.82) is 0 Å². The topological polar surface area (TPSA) is 38.0 Å². The molecule has 0 spiro atoms. The van der Waals surface area contributed by atoms with Crippen molar-refractivity contribution >= 4 is 12.4 Å². The van der Waals surface area contributed by atoms with Crippen LogP contribution in [0.5, 0.6) is 0 Å². The number of aliphatic hydroxyl groups is 1. The average molecular weight is 283 g/mol. The predicted molar refractivity (Wildman–Crippen MR) is 76.1 cm³/mol. The molecule has 106 valence electrons. The molecule has 1 aromatic rings. The van der Waals surface area contributed by atoms with Crippen LogP contribution in [0.2, 0.25) is 0 Å². The number of aromatic nitrogens is 2. The van der Waals surface area contributed by atoms with E-state index in [1.807, 2.05) is 17.1 Å². The molecule has 4 aliphatic carbocycles. The van der Waals surface area contributed by atoms with Crippen molar-refractivity contribution in [1.82, 2.24) is 9.55 Å². The Morgan fingerprint density at radius 3 is 2.21 bits per heavy atom. The lowest BCUT2D eigenvalue weighted by Gasteiger charge is -2.58. The standard InChI is InChI=1S/C15H22N2O.ClH/c18-14(9-17-2-1-16-10-17)15-6-11-3-12(7-15)5-13(4-11)8-15;/h1-2,10-14,18H,3-9H2;1H. The molecular formula is C15H23ClN2O. The minimum Gasteiger partial charge on any atom is -0.391 e. The third-order valence-electron chi connectivity index (χ3n) is 5.74. The largest absolute Gasteiger partial charge is 0.391 e. The molecule has 4 bridgehead atoms. The van der Waals surface area contributed by atoms with Crippen molar-refractivity contribution in [3.05, 3.63) is 18.7 Å². The van der Waals surface area contributed by atoms with E-state index in [0.717, 1.165) is 24.3 Å². The van der Waals surface area contributed by atoms with Crippen LogP contribution in [0.1, 0.15) is 38.5 Å². The number of hydrogen-bond acceptors (Lipinski definition) is 2. The van der Waals surface area contributed by atoms with E-state index < -0.39 is 0 Å². The van der Waals surface area contributed by atoms with Gasteiger partial charge >= 0.3 is 0 Å². The summed E-state index contributed by atoms with van der Waals surface area (Å²) in [7, 11) is 0. The first kappa shape index (κ1) is 13.4. The SMILES string of the molecule is Cl.OC(Cn1ccnc1)C12CC3CC(CC(C3)C1)C2. The van der Waals surface area contributed by atoms with E-state index in [2.05, 4.69) is 4.98 Å². The Morgan fingerprint density at radius 1 is 1.16 bits per heavy atom. The van der Waals surface area contributed by atoms with Crippen LogP contribution in [0.15, 0.2) is 18.7 Å². The lowest BCUT2D eigenvalue weighted by Crippen LogP contribution is -2.52. The number of hydrogen-bond donors (Lipinski definition) is 1. The predicted octanol–water partition coefficient (Wildman–Crippen LogP) is 2.88. The fourth-order valence-corrected chi connectivity index (χ4v) is 5.37. The van der Waals surface area contributed by atoms with E-state index in [1.54, 1.807) is 6.20 Å². The van der Waals surface area contributed by atoms with Gasteiger partial charge in [0.05, 0.1) is 19.0 Å². The minimum atomic E-state index is -0.180. The van der Waals surface area contributed by atoms with Crippen LogP contribution in [-0.2, 0) is 6.54 Å². The number of rotatable bonds is 3. The van der Waals surface area contributed by atoms with Gasteiger partial charge in [0.25, 0.3) is 0 Å². The maximum Gasteiger partial charge on any atom is 0.0946 e. The maximum absolute atomic E-state index is 10.7. The fourth-order valence-electron chi connectivity index (χ4n) is 5.37. The van der Waals surface area contributed by atoms with Gasteiger partial charge in [-0.3, -0.25) is 0 Å². The molecule has 1 aromatic heterocycles. The molecule has 4 heteroatoms. The van der Waals surface area contributed by atoms with Gasteiger partial charge in [-0.15, -0.1) is 12.4 Å². The van der Waals surface area contributed by atoms with E-state index in [-0.39, 0.29) is 23.9 Å². The molecule has 4 fully saturated rings. The Kier molecular flexibility index (Phi) is 3.38. The highest BCUT2D eigenvalue weighted by Gasteiger charge is 2.53. The molecule has 19 heavy (non-hydrogen) atoms. The summed E-state index contributed by atoms with van der Waals surface area (Å²) in [5.74, 6) is 2.73. The fraction of sp³-hybridized carbons (Fsp3) is 0.800. The van der Waals surface area contributed by atoms with Crippen LogP contribution in [0, 0.1) is 23.2 Å². The van der Waals surface area contributed by atoms with Crippen molar-refractivity contribution in [2.75, 3.05) is 0 Å². The van der Waals surface area contributed by atoms with Crippen LogP contribution in [0.3, 0.4) is 0 Å². The van der Waals surface area contributed by atoms with Gasteiger partial charge in [0.15, 0.2) is 0 Å². The monoisotopic (exact) mass is 282 g/mol. The van der Waals surface area contributed by atoms with Gasteiger partial charge < -0.3 is 9.67 Å². The highest BCUT2D eigenvalue weighted by Crippen LogP contribution is 2.61. The molecule has 1 unspecified atom stereocenters. The van der Waals surface area contributed by atoms with Gasteiger partial charge in [-0.05, 0) is 61.7 Å². The van der Waals surface area contributed by atoms with Gasteiger partial charge in [0, 0.05) is 12.4 Å². The minimum absolute atomic E-state index is 0. The first-order valence-electron chi connectivity index (χ1n) is 7.37. The molecule has 1 N–H and O–H groups in total. The summed E-state index contributed by atoms with van der Waals surface area (Å²) in [6, 6.07) is 0. The summed E-state index contributed by atoms with van der Waals surface area (Å²) >= 11 is 0. The highest BCUT2D eigenvalue weighted by atomic mass is 35.5. The molecule has 3 nitrogen and oxygen atoms in total. The lowest BCUT2D eigenvalue weighted by atomic mass is 9.48. The zero-order valence-electron chi connectivity index (χ0n) is 11.2. The quantitative estimate of drug-likeness (QED) is 0.926. The second-order valence-corrected chi connectivity index (χ2v) is 7.06. The number of aliphatic hydroxyl groups excluding tert-OH is 1. The molecule has 0 radical (unpaired) electrons. The van der Waals surface area contributed by atoms with Gasteiger partial charge in [0.2, 0.25) is 0 Å². The average Bonchev–Trinajstić information content (AvgIpc) is 2.79. The number of halogens is 1. The maximum atomic E-state index is 10.7. The molecule has 4 aliphatic rings. The summed E-state index contributed by atoms with van der Waals surface area (Å²) in [6.07, 6.45) is 13.5. The molecule has 4 saturated carbocycles. The van der Waals surface area contributed by atoms with E-state index in [9.17, 15) is 5.11 Å². The van der Waals surface area contributed by atoms with E-state index >= 15 is 0 Å². The summed E-state index contributed by atoms with van der Waals surface area (Å²) in [5, 5.41) is 10.7. The molecule has 0 saturated heterocycles. The summed E-state index contributed by atoms with van der Waals surface area (Å²) < 4.78 is 2.03. The third kappa shape index (κ3) is 2.21. The van der Waals surface area contributed by atoms with Crippen molar-refractivity contribution in [2.45, 2.75) is 51.2 Å². The third-order valence-corrected chi connectivity index (χ3v) is 5.74. The summed E-state index contributed by atoms with van der Waals surface area (Å²) in [4.78, 5) is 4.07. The van der Waals surface area contributed by atoms with Gasteiger partial charge in [-0.2, -0.15) is 0 Å². The molecule has 1 atom stereocenters. The van der Waals surface area contributed by atoms with Crippen LogP contribution in [-0.4, -0.2) is 20.8 Å². The van der Waals surface area contributed by atoms with Crippen molar-refractivity contribution in [3.63, 3.8) is 0 Å². The Morgan fingerprint density at radius 2 is 1.74 bits per heavy atom. The number of imidazole rings is 1. The van der Waals surface area contributed by atoms with Crippen LogP contribution >= 0.6 is 12.4 Å². The Balaban J connectivity index is 0.00000110. The second kappa shape index (κ2) is 4.78. The van der Waals surface area contributed by atoms with E-state index in [4.69, 9.17) is 0 Å². The normalized spacial score (nSPS) is 41.0. The Labute approximate surface area is 120 Å². The van der Waals surface area contributed by atoms with Gasteiger partial charge in [0.1, 0.15) is 0 Å². The molecular weight excluding hydrogens is 260 g/mol. The summed E-state index contributed by atoms with van der Waals surface area (Å²) in [5.41, 5.74) is 0.235. The van der Waals surface area contributed by atoms with Crippen molar-refractivity contribution in [2.24, 2.45) is 23.2 Å². The second-order valence-electron chi connectivity index (χ2n) is 7.06. The zero-order valence-corrected chi connectivity index (χ0v) is 12.1. The zero-order chi connectivity index (χ0) is 12.2. The number of nitrogens with zero attached hydrogens (tertiary/aromatic N) is 2. The highest BCUT2D eigenvalue weighted by molar-refractivity contribution is 5.85. The molecule has 5 rings (SSSR count). The smallest absolute Gasteiger partial charge is 0.0946 e. The first-order valence-corrected chi connectivity index (χ1v) is 7.37. The van der Waals surface area contributed by atoms with Crippen LogP contribution in [0.4, 0.5) is 0 Å². The summed E-state index contributed by atoms with van der Waals surface area (Å²) in [6.45, 7) is 0.728. The van der Waals surface area contributed by atoms with Crippen LogP contribution in [0.25, 0.3) is 0 Å². The molecule has 0 amide bonds. The molecule has 0 aromatic carbocycles. The Bertz CT molecular complexity index is 396. The lowest BCUT2D eigenvalue weighted by molar-refractivity contribution is -0.124. The van der Waals surface area contributed by atoms with Crippen molar-refractivity contribution in [3.8, 4) is 0 Å². The van der Waals surface area contributed by atoms with Crippen molar-refractivity contribution < 1.29 is 5.11 Å².